The molecule has 0 fully saturated rings. The van der Waals surface area contributed by atoms with Gasteiger partial charge in [-0.1, -0.05) is 0 Å². The van der Waals surface area contributed by atoms with Crippen molar-refractivity contribution in [1.29, 1.82) is 5.26 Å². The minimum absolute atomic E-state index is 0.0470. The molecule has 0 bridgehead atoms. The van der Waals surface area contributed by atoms with E-state index in [9.17, 15) is 19.4 Å². The van der Waals surface area contributed by atoms with Crippen LogP contribution in [0.5, 0.6) is 28.9 Å². The molecule has 0 aliphatic carbocycles. The van der Waals surface area contributed by atoms with Crippen LogP contribution in [0, 0.1) is 23.0 Å². The van der Waals surface area contributed by atoms with E-state index in [4.69, 9.17) is 20.5 Å². The van der Waals surface area contributed by atoms with Crippen LogP contribution in [-0.4, -0.2) is 63.8 Å². The van der Waals surface area contributed by atoms with Crippen molar-refractivity contribution in [2.24, 2.45) is 10.7 Å². The van der Waals surface area contributed by atoms with E-state index in [1.165, 1.54) is 24.3 Å². The monoisotopic (exact) mass is 541 g/mol. The number of carboxylic acid groups (broad SMARTS) is 1. The number of aromatic nitrogens is 1. The summed E-state index contributed by atoms with van der Waals surface area (Å²) in [6.07, 6.45) is 0.695. The number of carboxylic acids is 1. The van der Waals surface area contributed by atoms with Gasteiger partial charge in [-0.2, -0.15) is 9.65 Å². The molecule has 0 spiro atoms. The third-order valence-electron chi connectivity index (χ3n) is 5.43. The molecule has 0 saturated carbocycles. The van der Waals surface area contributed by atoms with Crippen molar-refractivity contribution in [1.82, 2.24) is 9.88 Å². The Morgan fingerprint density at radius 2 is 2.05 bits per heavy atom. The summed E-state index contributed by atoms with van der Waals surface area (Å²) in [7, 11) is 1.79. The number of likely N-dealkylation sites (N-methyl/N-ethyl adjacent to an activating group) is 1. The van der Waals surface area contributed by atoms with Gasteiger partial charge in [0.1, 0.15) is 16.8 Å². The maximum absolute atomic E-state index is 15.4. The second-order valence-electron chi connectivity index (χ2n) is 8.02. The number of pyridine rings is 1. The van der Waals surface area contributed by atoms with Crippen molar-refractivity contribution in [2.45, 2.75) is 10.1 Å². The van der Waals surface area contributed by atoms with Gasteiger partial charge in [0.05, 0.1) is 29.9 Å². The molecule has 4 rings (SSSR count). The molecule has 0 radical (unpaired) electrons. The van der Waals surface area contributed by atoms with E-state index in [0.717, 1.165) is 11.8 Å². The number of rotatable bonds is 9. The van der Waals surface area contributed by atoms with Gasteiger partial charge in [0.25, 0.3) is 5.88 Å². The van der Waals surface area contributed by atoms with Crippen molar-refractivity contribution in [2.75, 3.05) is 26.7 Å². The Morgan fingerprint density at radius 1 is 1.26 bits per heavy atom. The number of hydrogen-bond acceptors (Lipinski definition) is 10. The molecule has 0 saturated heterocycles. The fourth-order valence-corrected chi connectivity index (χ4v) is 4.37. The molecule has 0 amide bonds. The Labute approximate surface area is 219 Å². The number of thioether (sulfide) groups is 1. The number of aromatic hydroxyl groups is 1. The highest BCUT2D eigenvalue weighted by atomic mass is 32.2. The summed E-state index contributed by atoms with van der Waals surface area (Å²) in [6.45, 7) is 0.996. The zero-order valence-corrected chi connectivity index (χ0v) is 20.7. The molecule has 2 heterocycles. The summed E-state index contributed by atoms with van der Waals surface area (Å²) >= 11 is 1.02. The third-order valence-corrected chi connectivity index (χ3v) is 6.63. The molecule has 1 aromatic heterocycles. The summed E-state index contributed by atoms with van der Waals surface area (Å²) in [6, 6.07) is 10.2. The topological polar surface area (TPSA) is 154 Å². The fraction of sp³-hybridized carbons (Fsp3) is 0.200. The van der Waals surface area contributed by atoms with Crippen molar-refractivity contribution >= 4 is 23.6 Å². The minimum Gasteiger partial charge on any atom is -0.504 e. The average molecular weight is 542 g/mol. The van der Waals surface area contributed by atoms with Gasteiger partial charge in [0.15, 0.2) is 17.3 Å². The van der Waals surface area contributed by atoms with Crippen LogP contribution in [0.4, 0.5) is 8.78 Å². The number of phenols is 1. The standard InChI is InChI=1S/C25H21F2N5O5S/c1-32-7-6-30-23(32)15-9-14(38-20(11-29)25(34)35)3-5-18(15)36-22-16(26)12-31-24(21(22)27)37-19-8-13(10-28)2-4-17(19)33/h2-5,8-9,12,20,33H,6-7,11,29H2,1H3,(H,34,35). The first-order chi connectivity index (χ1) is 18.2. The van der Waals surface area contributed by atoms with Gasteiger partial charge >= 0.3 is 5.97 Å². The number of aliphatic carboxylic acids is 1. The number of phenolic OH excluding ortho intramolecular Hbond substituents is 1. The van der Waals surface area contributed by atoms with E-state index in [1.807, 2.05) is 11.0 Å². The van der Waals surface area contributed by atoms with E-state index in [1.54, 1.807) is 19.2 Å². The van der Waals surface area contributed by atoms with Crippen LogP contribution in [0.25, 0.3) is 0 Å². The first-order valence-electron chi connectivity index (χ1n) is 11.1. The Kier molecular flexibility index (Phi) is 7.94. The highest BCUT2D eigenvalue weighted by molar-refractivity contribution is 8.00. The van der Waals surface area contributed by atoms with Crippen molar-refractivity contribution in [3.8, 4) is 34.9 Å². The molecule has 1 aliphatic heterocycles. The maximum atomic E-state index is 15.4. The van der Waals surface area contributed by atoms with Crippen LogP contribution in [0.3, 0.4) is 0 Å². The lowest BCUT2D eigenvalue weighted by Gasteiger charge is -2.19. The number of nitrogens with zero attached hydrogens (tertiary/aromatic N) is 4. The zero-order valence-electron chi connectivity index (χ0n) is 19.9. The van der Waals surface area contributed by atoms with E-state index in [2.05, 4.69) is 9.98 Å². The SMILES string of the molecule is CN1CCN=C1c1cc(SC(CN)C(=O)O)ccc1Oc1c(F)cnc(Oc2cc(C#N)ccc2O)c1F. The van der Waals surface area contributed by atoms with Crippen molar-refractivity contribution in [3.63, 3.8) is 0 Å². The highest BCUT2D eigenvalue weighted by Gasteiger charge is 2.26. The molecule has 2 aromatic carbocycles. The fourth-order valence-electron chi connectivity index (χ4n) is 3.51. The molecule has 38 heavy (non-hydrogen) atoms. The van der Waals surface area contributed by atoms with Crippen LogP contribution in [0.2, 0.25) is 0 Å². The van der Waals surface area contributed by atoms with Crippen LogP contribution in [0.15, 0.2) is 52.5 Å². The smallest absolute Gasteiger partial charge is 0.318 e. The number of nitrogens with two attached hydrogens (primary N) is 1. The molecule has 1 aliphatic rings. The Morgan fingerprint density at radius 3 is 2.71 bits per heavy atom. The zero-order chi connectivity index (χ0) is 27.4. The van der Waals surface area contributed by atoms with Crippen LogP contribution < -0.4 is 15.2 Å². The third kappa shape index (κ3) is 5.61. The number of nitriles is 1. The molecular formula is C25H21F2N5O5S. The average Bonchev–Trinajstić information content (AvgIpc) is 3.33. The second kappa shape index (κ2) is 11.3. The Bertz CT molecular complexity index is 1460. The Balaban J connectivity index is 1.72. The second-order valence-corrected chi connectivity index (χ2v) is 9.29. The predicted molar refractivity (Wildman–Crippen MR) is 134 cm³/mol. The first-order valence-corrected chi connectivity index (χ1v) is 12.0. The molecule has 3 aromatic rings. The van der Waals surface area contributed by atoms with Crippen LogP contribution in [-0.2, 0) is 4.79 Å². The van der Waals surface area contributed by atoms with Gasteiger partial charge < -0.3 is 30.3 Å². The lowest BCUT2D eigenvalue weighted by molar-refractivity contribution is -0.136. The van der Waals surface area contributed by atoms with Gasteiger partial charge in [-0.3, -0.25) is 9.79 Å². The van der Waals surface area contributed by atoms with E-state index in [0.29, 0.717) is 35.6 Å². The summed E-state index contributed by atoms with van der Waals surface area (Å²) in [5.74, 6) is -5.09. The first kappa shape index (κ1) is 26.6. The lowest BCUT2D eigenvalue weighted by atomic mass is 10.1. The largest absolute Gasteiger partial charge is 0.504 e. The number of benzene rings is 2. The molecule has 4 N–H and O–H groups in total. The number of carbonyl (C=O) groups is 1. The number of ether oxygens (including phenoxy) is 2. The molecule has 196 valence electrons. The van der Waals surface area contributed by atoms with Crippen LogP contribution in [0.1, 0.15) is 11.1 Å². The van der Waals surface area contributed by atoms with Crippen molar-refractivity contribution in [3.05, 3.63) is 65.4 Å². The quantitative estimate of drug-likeness (QED) is 0.342. The van der Waals surface area contributed by atoms with Gasteiger partial charge in [0.2, 0.25) is 11.6 Å². The number of hydrogen-bond donors (Lipinski definition) is 3. The van der Waals surface area contributed by atoms with Gasteiger partial charge in [0, 0.05) is 31.1 Å². The molecule has 1 atom stereocenters. The summed E-state index contributed by atoms with van der Waals surface area (Å²) in [4.78, 5) is 21.9. The van der Waals surface area contributed by atoms with E-state index >= 15 is 4.39 Å². The van der Waals surface area contributed by atoms with E-state index < -0.39 is 34.5 Å². The summed E-state index contributed by atoms with van der Waals surface area (Å²) in [5, 5.41) is 27.5. The molecule has 13 heteroatoms. The van der Waals surface area contributed by atoms with Gasteiger partial charge in [-0.05, 0) is 30.3 Å². The normalized spacial score (nSPS) is 13.6. The minimum atomic E-state index is -1.29. The predicted octanol–water partition coefficient (Wildman–Crippen LogP) is 3.72. The maximum Gasteiger partial charge on any atom is 0.318 e. The highest BCUT2D eigenvalue weighted by Crippen LogP contribution is 2.39. The number of aliphatic imine (C=N–C) groups is 1. The summed E-state index contributed by atoms with van der Waals surface area (Å²) < 4.78 is 41.1. The number of halogens is 2. The molecular weight excluding hydrogens is 520 g/mol. The van der Waals surface area contributed by atoms with Crippen LogP contribution >= 0.6 is 11.8 Å². The number of amidine groups is 1. The lowest BCUT2D eigenvalue weighted by Crippen LogP contribution is -2.26. The molecule has 1 unspecified atom stereocenters. The van der Waals surface area contributed by atoms with E-state index in [-0.39, 0.29) is 29.4 Å². The van der Waals surface area contributed by atoms with Gasteiger partial charge in [-0.15, -0.1) is 11.8 Å². The van der Waals surface area contributed by atoms with Gasteiger partial charge in [-0.25, -0.2) is 9.37 Å². The Hall–Kier alpha value is -4.41. The molecule has 10 nitrogen and oxygen atoms in total. The summed E-state index contributed by atoms with van der Waals surface area (Å²) in [5.41, 5.74) is 6.10. The van der Waals surface area contributed by atoms with Crippen molar-refractivity contribution < 1.29 is 33.3 Å².